The van der Waals surface area contributed by atoms with E-state index in [-0.39, 0.29) is 0 Å². The largest absolute Gasteiger partial charge is 0.248 e. The lowest BCUT2D eigenvalue weighted by Crippen LogP contribution is -1.87. The van der Waals surface area contributed by atoms with Crippen LogP contribution in [-0.4, -0.2) is 4.98 Å². The third kappa shape index (κ3) is 3.10. The fourth-order valence-electron chi connectivity index (χ4n) is 2.27. The number of aromatic nitrogens is 1. The fraction of sp³-hybridized carbons (Fsp3) is 0.0556. The Kier molecular flexibility index (Phi) is 3.96. The number of rotatable bonds is 2. The second kappa shape index (κ2) is 5.88. The SMILES string of the molecule is Cc1cc(/C=C/c2ccccc2Cl)nc2cc(Cl)ccc12. The second-order valence-electron chi connectivity index (χ2n) is 4.88. The maximum absolute atomic E-state index is 6.15. The van der Waals surface area contributed by atoms with Crippen molar-refractivity contribution in [1.29, 1.82) is 0 Å². The van der Waals surface area contributed by atoms with E-state index in [1.165, 1.54) is 5.56 Å². The highest BCUT2D eigenvalue weighted by Crippen LogP contribution is 2.23. The molecule has 0 bridgehead atoms. The highest BCUT2D eigenvalue weighted by Gasteiger charge is 2.02. The minimum absolute atomic E-state index is 0.696. The first-order valence-electron chi connectivity index (χ1n) is 6.63. The van der Waals surface area contributed by atoms with Crippen LogP contribution in [0.15, 0.2) is 48.5 Å². The van der Waals surface area contributed by atoms with Gasteiger partial charge in [-0.2, -0.15) is 0 Å². The van der Waals surface area contributed by atoms with Gasteiger partial charge in [-0.25, -0.2) is 4.98 Å². The van der Waals surface area contributed by atoms with Crippen molar-refractivity contribution < 1.29 is 0 Å². The molecule has 1 heterocycles. The van der Waals surface area contributed by atoms with Gasteiger partial charge in [0.15, 0.2) is 0 Å². The molecule has 0 N–H and O–H groups in total. The summed E-state index contributed by atoms with van der Waals surface area (Å²) < 4.78 is 0. The summed E-state index contributed by atoms with van der Waals surface area (Å²) in [6.45, 7) is 2.07. The molecule has 21 heavy (non-hydrogen) atoms. The van der Waals surface area contributed by atoms with Gasteiger partial charge in [0.2, 0.25) is 0 Å². The van der Waals surface area contributed by atoms with Crippen LogP contribution < -0.4 is 0 Å². The fourth-order valence-corrected chi connectivity index (χ4v) is 2.64. The first-order chi connectivity index (χ1) is 10.1. The number of halogens is 2. The molecule has 1 aromatic heterocycles. The predicted molar refractivity (Wildman–Crippen MR) is 91.9 cm³/mol. The molecule has 0 atom stereocenters. The highest BCUT2D eigenvalue weighted by molar-refractivity contribution is 6.32. The molecule has 0 radical (unpaired) electrons. The van der Waals surface area contributed by atoms with Crippen molar-refractivity contribution in [3.63, 3.8) is 0 Å². The summed E-state index contributed by atoms with van der Waals surface area (Å²) >= 11 is 12.2. The van der Waals surface area contributed by atoms with Gasteiger partial charge in [0.05, 0.1) is 11.2 Å². The molecular weight excluding hydrogens is 301 g/mol. The molecule has 3 aromatic rings. The summed E-state index contributed by atoms with van der Waals surface area (Å²) in [6, 6.07) is 15.6. The highest BCUT2D eigenvalue weighted by atomic mass is 35.5. The van der Waals surface area contributed by atoms with Crippen molar-refractivity contribution in [2.24, 2.45) is 0 Å². The average Bonchev–Trinajstić information content (AvgIpc) is 2.46. The third-order valence-corrected chi connectivity index (χ3v) is 3.92. The van der Waals surface area contributed by atoms with Gasteiger partial charge in [-0.3, -0.25) is 0 Å². The standard InChI is InChI=1S/C18H13Cl2N/c1-12-10-15(8-6-13-4-2-3-5-17(13)20)21-18-11-14(19)7-9-16(12)18/h2-11H,1H3/b8-6+. The molecule has 2 aromatic carbocycles. The molecule has 0 amide bonds. The molecule has 0 saturated carbocycles. The van der Waals surface area contributed by atoms with Gasteiger partial charge in [-0.1, -0.05) is 53.5 Å². The van der Waals surface area contributed by atoms with Crippen molar-refractivity contribution in [2.75, 3.05) is 0 Å². The van der Waals surface area contributed by atoms with Crippen LogP contribution in [0, 0.1) is 6.92 Å². The van der Waals surface area contributed by atoms with Crippen LogP contribution in [0.5, 0.6) is 0 Å². The molecule has 0 unspecified atom stereocenters. The summed E-state index contributed by atoms with van der Waals surface area (Å²) in [5.41, 5.74) is 3.95. The van der Waals surface area contributed by atoms with Gasteiger partial charge >= 0.3 is 0 Å². The maximum atomic E-state index is 6.15. The predicted octanol–water partition coefficient (Wildman–Crippen LogP) is 6.02. The lowest BCUT2D eigenvalue weighted by Gasteiger charge is -2.04. The minimum Gasteiger partial charge on any atom is -0.248 e. The Morgan fingerprint density at radius 1 is 0.952 bits per heavy atom. The van der Waals surface area contributed by atoms with E-state index in [9.17, 15) is 0 Å². The topological polar surface area (TPSA) is 12.9 Å². The monoisotopic (exact) mass is 313 g/mol. The van der Waals surface area contributed by atoms with Crippen LogP contribution >= 0.6 is 23.2 Å². The first-order valence-corrected chi connectivity index (χ1v) is 7.38. The molecule has 0 aliphatic heterocycles. The number of fused-ring (bicyclic) bond motifs is 1. The molecule has 0 fully saturated rings. The van der Waals surface area contributed by atoms with Crippen LogP contribution in [0.4, 0.5) is 0 Å². The van der Waals surface area contributed by atoms with Crippen molar-refractivity contribution in [1.82, 2.24) is 4.98 Å². The number of hydrogen-bond donors (Lipinski definition) is 0. The van der Waals surface area contributed by atoms with Gasteiger partial charge in [0, 0.05) is 15.4 Å². The molecule has 104 valence electrons. The molecule has 0 spiro atoms. The maximum Gasteiger partial charge on any atom is 0.0726 e. The number of pyridine rings is 1. The van der Waals surface area contributed by atoms with Gasteiger partial charge in [0.1, 0.15) is 0 Å². The van der Waals surface area contributed by atoms with Crippen LogP contribution in [0.1, 0.15) is 16.8 Å². The lowest BCUT2D eigenvalue weighted by atomic mass is 10.1. The molecule has 3 rings (SSSR count). The van der Waals surface area contributed by atoms with Crippen molar-refractivity contribution in [2.45, 2.75) is 6.92 Å². The van der Waals surface area contributed by atoms with E-state index >= 15 is 0 Å². The summed E-state index contributed by atoms with van der Waals surface area (Å²) in [4.78, 5) is 4.63. The van der Waals surface area contributed by atoms with E-state index in [2.05, 4.69) is 18.0 Å². The summed E-state index contributed by atoms with van der Waals surface area (Å²) in [5.74, 6) is 0. The van der Waals surface area contributed by atoms with Crippen LogP contribution in [0.25, 0.3) is 23.1 Å². The molecule has 0 aliphatic carbocycles. The number of hydrogen-bond acceptors (Lipinski definition) is 1. The van der Waals surface area contributed by atoms with Gasteiger partial charge in [0.25, 0.3) is 0 Å². The minimum atomic E-state index is 0.696. The van der Waals surface area contributed by atoms with Crippen molar-refractivity contribution in [3.05, 3.63) is 75.4 Å². The molecule has 3 heteroatoms. The molecule has 0 saturated heterocycles. The Hall–Kier alpha value is -1.83. The molecular formula is C18H13Cl2N. The quantitative estimate of drug-likeness (QED) is 0.563. The molecule has 1 nitrogen and oxygen atoms in total. The van der Waals surface area contributed by atoms with E-state index < -0.39 is 0 Å². The van der Waals surface area contributed by atoms with Crippen LogP contribution in [0.3, 0.4) is 0 Å². The van der Waals surface area contributed by atoms with Gasteiger partial charge in [-0.15, -0.1) is 0 Å². The zero-order valence-corrected chi connectivity index (χ0v) is 13.0. The summed E-state index contributed by atoms with van der Waals surface area (Å²) in [6.07, 6.45) is 3.94. The van der Waals surface area contributed by atoms with E-state index in [0.717, 1.165) is 27.2 Å². The summed E-state index contributed by atoms with van der Waals surface area (Å²) in [5, 5.41) is 2.55. The smallest absolute Gasteiger partial charge is 0.0726 e. The lowest BCUT2D eigenvalue weighted by molar-refractivity contribution is 1.34. The van der Waals surface area contributed by atoms with Crippen LogP contribution in [0.2, 0.25) is 10.0 Å². The van der Waals surface area contributed by atoms with E-state index in [1.807, 2.05) is 54.6 Å². The summed E-state index contributed by atoms with van der Waals surface area (Å²) in [7, 11) is 0. The number of nitrogens with zero attached hydrogens (tertiary/aromatic N) is 1. The zero-order valence-electron chi connectivity index (χ0n) is 11.5. The average molecular weight is 314 g/mol. The number of aryl methyl sites for hydroxylation is 1. The van der Waals surface area contributed by atoms with Gasteiger partial charge < -0.3 is 0 Å². The Balaban J connectivity index is 2.03. The van der Waals surface area contributed by atoms with Crippen molar-refractivity contribution >= 4 is 46.3 Å². The van der Waals surface area contributed by atoms with E-state index in [0.29, 0.717) is 5.02 Å². The van der Waals surface area contributed by atoms with Gasteiger partial charge in [-0.05, 0) is 48.4 Å². The van der Waals surface area contributed by atoms with E-state index in [4.69, 9.17) is 23.2 Å². The third-order valence-electron chi connectivity index (χ3n) is 3.34. The first kappa shape index (κ1) is 14.1. The Morgan fingerprint density at radius 2 is 1.76 bits per heavy atom. The molecule has 0 aliphatic rings. The second-order valence-corrected chi connectivity index (χ2v) is 5.72. The zero-order chi connectivity index (χ0) is 14.8. The number of benzene rings is 2. The van der Waals surface area contributed by atoms with Crippen LogP contribution in [-0.2, 0) is 0 Å². The normalized spacial score (nSPS) is 11.4. The van der Waals surface area contributed by atoms with E-state index in [1.54, 1.807) is 0 Å². The van der Waals surface area contributed by atoms with Crippen molar-refractivity contribution in [3.8, 4) is 0 Å². The Labute approximate surface area is 133 Å². The Bertz CT molecular complexity index is 838. The Morgan fingerprint density at radius 3 is 2.57 bits per heavy atom.